The normalized spacial score (nSPS) is 10.8. The van der Waals surface area contributed by atoms with Gasteiger partial charge in [-0.25, -0.2) is 0 Å². The molecule has 0 saturated heterocycles. The molecule has 0 bridgehead atoms. The van der Waals surface area contributed by atoms with Gasteiger partial charge < -0.3 is 14.5 Å². The van der Waals surface area contributed by atoms with E-state index in [4.69, 9.17) is 4.74 Å². The molecule has 0 aliphatic heterocycles. The molecule has 0 aliphatic rings. The maximum atomic E-state index is 12.7. The minimum absolute atomic E-state index is 0.0285. The predicted molar refractivity (Wildman–Crippen MR) is 118 cm³/mol. The highest BCUT2D eigenvalue weighted by Crippen LogP contribution is 2.25. The number of carbonyl (C=O) groups is 1. The first-order valence-electron chi connectivity index (χ1n) is 9.76. The summed E-state index contributed by atoms with van der Waals surface area (Å²) in [6.07, 6.45) is -0.269. The summed E-state index contributed by atoms with van der Waals surface area (Å²) in [5.74, 6) is -0.0430. The first-order valence-corrected chi connectivity index (χ1v) is 9.76. The van der Waals surface area contributed by atoms with E-state index < -0.39 is 0 Å². The van der Waals surface area contributed by atoms with Gasteiger partial charge in [-0.15, -0.1) is 0 Å². The topological polar surface area (TPSA) is 32.8 Å². The van der Waals surface area contributed by atoms with Crippen molar-refractivity contribution in [1.82, 2.24) is 4.90 Å². The molecule has 0 radical (unpaired) electrons. The van der Waals surface area contributed by atoms with E-state index in [0.29, 0.717) is 6.54 Å². The molecule has 29 heavy (non-hydrogen) atoms. The molecule has 0 aliphatic carbocycles. The molecule has 0 aromatic heterocycles. The van der Waals surface area contributed by atoms with Gasteiger partial charge in [0.05, 0.1) is 0 Å². The van der Waals surface area contributed by atoms with Crippen LogP contribution in [0.15, 0.2) is 84.9 Å². The Hall–Kier alpha value is -3.11. The molecule has 0 spiro atoms. The lowest BCUT2D eigenvalue weighted by Crippen LogP contribution is -2.30. The van der Waals surface area contributed by atoms with Crippen LogP contribution in [0.2, 0.25) is 0 Å². The number of hydrogen-bond acceptors (Lipinski definition) is 3. The smallest absolute Gasteiger partial charge is 0.248 e. The summed E-state index contributed by atoms with van der Waals surface area (Å²) in [6.45, 7) is 0.581. The highest BCUT2D eigenvalue weighted by Gasteiger charge is 2.18. The monoisotopic (exact) mass is 388 g/mol. The van der Waals surface area contributed by atoms with E-state index in [1.54, 1.807) is 4.90 Å². The standard InChI is InChI=1S/C25H28N2O2/c1-26(2)23-16-14-20(15-17-23)18-27(3)24(28)19-29-25(21-10-6-4-7-11-21)22-12-8-5-9-13-22/h4-17,25H,18-19H2,1-3H3. The molecule has 0 fully saturated rings. The van der Waals surface area contributed by atoms with Gasteiger partial charge in [0.25, 0.3) is 0 Å². The maximum Gasteiger partial charge on any atom is 0.248 e. The SMILES string of the molecule is CN(Cc1ccc(N(C)C)cc1)C(=O)COC(c1ccccc1)c1ccccc1. The van der Waals surface area contributed by atoms with Crippen LogP contribution in [0.3, 0.4) is 0 Å². The van der Waals surface area contributed by atoms with Crippen LogP contribution in [-0.4, -0.2) is 38.6 Å². The predicted octanol–water partition coefficient (Wildman–Crippen LogP) is 4.52. The molecule has 3 aromatic rings. The van der Waals surface area contributed by atoms with Crippen molar-refractivity contribution in [3.63, 3.8) is 0 Å². The van der Waals surface area contributed by atoms with Crippen LogP contribution in [0.4, 0.5) is 5.69 Å². The van der Waals surface area contributed by atoms with Crippen molar-refractivity contribution in [3.05, 3.63) is 102 Å². The fraction of sp³-hybridized carbons (Fsp3) is 0.240. The number of benzene rings is 3. The summed E-state index contributed by atoms with van der Waals surface area (Å²) >= 11 is 0. The van der Waals surface area contributed by atoms with E-state index in [0.717, 1.165) is 22.4 Å². The van der Waals surface area contributed by atoms with E-state index in [-0.39, 0.29) is 18.6 Å². The number of rotatable bonds is 8. The maximum absolute atomic E-state index is 12.7. The first-order chi connectivity index (χ1) is 14.0. The molecule has 0 unspecified atom stereocenters. The molecule has 0 atom stereocenters. The van der Waals surface area contributed by atoms with Crippen LogP contribution in [0.1, 0.15) is 22.8 Å². The van der Waals surface area contributed by atoms with E-state index in [9.17, 15) is 4.79 Å². The molecule has 0 heterocycles. The lowest BCUT2D eigenvalue weighted by atomic mass is 10.0. The minimum atomic E-state index is -0.269. The van der Waals surface area contributed by atoms with E-state index >= 15 is 0 Å². The van der Waals surface area contributed by atoms with Crippen LogP contribution in [0.25, 0.3) is 0 Å². The highest BCUT2D eigenvalue weighted by atomic mass is 16.5. The van der Waals surface area contributed by atoms with Gasteiger partial charge in [0, 0.05) is 33.4 Å². The molecule has 0 N–H and O–H groups in total. The molecule has 4 heteroatoms. The van der Waals surface area contributed by atoms with Gasteiger partial charge in [-0.2, -0.15) is 0 Å². The Kier molecular flexibility index (Phi) is 7.04. The molecule has 3 rings (SSSR count). The zero-order valence-electron chi connectivity index (χ0n) is 17.3. The van der Waals surface area contributed by atoms with Crippen LogP contribution in [0, 0.1) is 0 Å². The molecule has 4 nitrogen and oxygen atoms in total. The van der Waals surface area contributed by atoms with Gasteiger partial charge in [0.2, 0.25) is 5.91 Å². The van der Waals surface area contributed by atoms with Gasteiger partial charge in [-0.1, -0.05) is 72.8 Å². The summed E-state index contributed by atoms with van der Waals surface area (Å²) in [5, 5.41) is 0. The lowest BCUT2D eigenvalue weighted by molar-refractivity contribution is -0.136. The Morgan fingerprint density at radius 2 is 1.31 bits per heavy atom. The van der Waals surface area contributed by atoms with Crippen molar-refractivity contribution < 1.29 is 9.53 Å². The van der Waals surface area contributed by atoms with Crippen molar-refractivity contribution in [2.24, 2.45) is 0 Å². The minimum Gasteiger partial charge on any atom is -0.378 e. The average molecular weight is 389 g/mol. The molecule has 1 amide bonds. The Bertz CT molecular complexity index is 854. The summed E-state index contributed by atoms with van der Waals surface area (Å²) in [7, 11) is 5.83. The second-order valence-electron chi connectivity index (χ2n) is 7.32. The van der Waals surface area contributed by atoms with Crippen LogP contribution in [0.5, 0.6) is 0 Å². The van der Waals surface area contributed by atoms with Crippen molar-refractivity contribution in [2.45, 2.75) is 12.6 Å². The Morgan fingerprint density at radius 3 is 1.79 bits per heavy atom. The molecule has 150 valence electrons. The Balaban J connectivity index is 1.63. The quantitative estimate of drug-likeness (QED) is 0.569. The van der Waals surface area contributed by atoms with E-state index in [1.165, 1.54) is 0 Å². The summed E-state index contributed by atoms with van der Waals surface area (Å²) in [6, 6.07) is 28.2. The third kappa shape index (κ3) is 5.69. The fourth-order valence-corrected chi connectivity index (χ4v) is 3.17. The van der Waals surface area contributed by atoms with E-state index in [1.807, 2.05) is 81.8 Å². The second kappa shape index (κ2) is 9.89. The van der Waals surface area contributed by atoms with Crippen molar-refractivity contribution in [3.8, 4) is 0 Å². The third-order valence-corrected chi connectivity index (χ3v) is 4.88. The third-order valence-electron chi connectivity index (χ3n) is 4.88. The van der Waals surface area contributed by atoms with Gasteiger partial charge in [0.1, 0.15) is 12.7 Å². The summed E-state index contributed by atoms with van der Waals surface area (Å²) in [4.78, 5) is 16.4. The molecular weight excluding hydrogens is 360 g/mol. The lowest BCUT2D eigenvalue weighted by Gasteiger charge is -2.22. The molecule has 0 saturated carbocycles. The number of amides is 1. The summed E-state index contributed by atoms with van der Waals surface area (Å²) in [5.41, 5.74) is 4.30. The highest BCUT2D eigenvalue weighted by molar-refractivity contribution is 5.77. The van der Waals surface area contributed by atoms with Gasteiger partial charge in [-0.05, 0) is 28.8 Å². The number of ether oxygens (including phenoxy) is 1. The van der Waals surface area contributed by atoms with Crippen LogP contribution >= 0.6 is 0 Å². The van der Waals surface area contributed by atoms with Gasteiger partial charge >= 0.3 is 0 Å². The molecular formula is C25H28N2O2. The number of anilines is 1. The second-order valence-corrected chi connectivity index (χ2v) is 7.32. The summed E-state index contributed by atoms with van der Waals surface area (Å²) < 4.78 is 6.09. The number of likely N-dealkylation sites (N-methyl/N-ethyl adjacent to an activating group) is 1. The molecule has 3 aromatic carbocycles. The van der Waals surface area contributed by atoms with E-state index in [2.05, 4.69) is 29.2 Å². The van der Waals surface area contributed by atoms with Gasteiger partial charge in [0.15, 0.2) is 0 Å². The van der Waals surface area contributed by atoms with Crippen molar-refractivity contribution in [2.75, 3.05) is 32.6 Å². The number of carbonyl (C=O) groups excluding carboxylic acids is 1. The van der Waals surface area contributed by atoms with Crippen molar-refractivity contribution in [1.29, 1.82) is 0 Å². The van der Waals surface area contributed by atoms with Crippen LogP contribution in [-0.2, 0) is 16.1 Å². The van der Waals surface area contributed by atoms with Gasteiger partial charge in [-0.3, -0.25) is 4.79 Å². The first kappa shape index (κ1) is 20.6. The zero-order chi connectivity index (χ0) is 20.6. The number of hydrogen-bond donors (Lipinski definition) is 0. The largest absolute Gasteiger partial charge is 0.378 e. The number of nitrogens with zero attached hydrogens (tertiary/aromatic N) is 2. The van der Waals surface area contributed by atoms with Crippen molar-refractivity contribution >= 4 is 11.6 Å². The Labute approximate surface area is 173 Å². The fourth-order valence-electron chi connectivity index (χ4n) is 3.17. The zero-order valence-corrected chi connectivity index (χ0v) is 17.3. The Morgan fingerprint density at radius 1 is 0.793 bits per heavy atom. The average Bonchev–Trinajstić information content (AvgIpc) is 2.75. The van der Waals surface area contributed by atoms with Crippen LogP contribution < -0.4 is 4.90 Å².